The first-order valence-electron chi connectivity index (χ1n) is 12.1. The van der Waals surface area contributed by atoms with E-state index in [1.165, 1.54) is 19.1 Å². The summed E-state index contributed by atoms with van der Waals surface area (Å²) in [5.41, 5.74) is 0.928. The van der Waals surface area contributed by atoms with Gasteiger partial charge < -0.3 is 18.8 Å². The molecular weight excluding hydrogens is 869 g/mol. The largest absolute Gasteiger partial charge is 0.744 e. The Morgan fingerprint density at radius 2 is 1.79 bits per heavy atom. The van der Waals surface area contributed by atoms with Crippen LogP contribution < -0.4 is 4.74 Å². The van der Waals surface area contributed by atoms with Crippen molar-refractivity contribution in [1.82, 2.24) is 0 Å². The summed E-state index contributed by atoms with van der Waals surface area (Å²) in [5.74, 6) is -4.30. The second-order valence-corrected chi connectivity index (χ2v) is 15.0. The van der Waals surface area contributed by atoms with Crippen LogP contribution in [-0.4, -0.2) is 43.1 Å². The Morgan fingerprint density at radius 1 is 1.10 bits per heavy atom. The van der Waals surface area contributed by atoms with Gasteiger partial charge in [-0.1, -0.05) is 13.8 Å². The van der Waals surface area contributed by atoms with E-state index in [0.717, 1.165) is 10.7 Å². The van der Waals surface area contributed by atoms with E-state index in [2.05, 4.69) is 67.8 Å². The van der Waals surface area contributed by atoms with Gasteiger partial charge in [0, 0.05) is 22.5 Å². The van der Waals surface area contributed by atoms with Gasteiger partial charge in [0.2, 0.25) is 0 Å². The molecule has 13 heteroatoms. The maximum atomic E-state index is 13.5. The van der Waals surface area contributed by atoms with Gasteiger partial charge in [-0.3, -0.25) is 9.59 Å². The van der Waals surface area contributed by atoms with Crippen LogP contribution in [0.25, 0.3) is 0 Å². The molecule has 2 saturated carbocycles. The number of esters is 3. The number of fused-ring (bicyclic) bond motifs is 1. The van der Waals surface area contributed by atoms with Gasteiger partial charge in [-0.15, -0.1) is 0 Å². The van der Waals surface area contributed by atoms with Gasteiger partial charge in [0.25, 0.3) is 0 Å². The van der Waals surface area contributed by atoms with Crippen LogP contribution in [-0.2, 0) is 29.2 Å². The Kier molecular flexibility index (Phi) is 8.04. The summed E-state index contributed by atoms with van der Waals surface area (Å²) in [6.07, 6.45) is -0.934. The minimum absolute atomic E-state index is 0.110. The molecule has 2 aromatic rings. The predicted octanol–water partition coefficient (Wildman–Crippen LogP) is 4.77. The third kappa shape index (κ3) is 5.11. The summed E-state index contributed by atoms with van der Waals surface area (Å²) in [6.45, 7) is 4.99. The predicted molar refractivity (Wildman–Crippen MR) is 161 cm³/mol. The Morgan fingerprint density at radius 3 is 2.44 bits per heavy atom. The molecule has 0 spiro atoms. The Hall–Kier alpha value is -1.05. The fraction of sp³-hybridized carbons (Fsp3) is 0.423. The molecule has 0 aromatic heterocycles. The summed E-state index contributed by atoms with van der Waals surface area (Å²) in [7, 11) is -4.73. The van der Waals surface area contributed by atoms with Crippen LogP contribution in [0.5, 0.6) is 5.75 Å². The molecule has 2 aromatic carbocycles. The van der Waals surface area contributed by atoms with Crippen molar-refractivity contribution in [1.29, 1.82) is 0 Å². The van der Waals surface area contributed by atoms with Gasteiger partial charge in [0.15, 0.2) is 0 Å². The van der Waals surface area contributed by atoms with Crippen LogP contribution in [0.4, 0.5) is 0 Å². The fourth-order valence-corrected chi connectivity index (χ4v) is 9.00. The number of hydrogen-bond donors (Lipinski definition) is 0. The summed E-state index contributed by atoms with van der Waals surface area (Å²) < 4.78 is 55.3. The lowest BCUT2D eigenvalue weighted by Crippen LogP contribution is -2.44. The van der Waals surface area contributed by atoms with E-state index >= 15 is 0 Å². The van der Waals surface area contributed by atoms with Crippen molar-refractivity contribution in [2.45, 2.75) is 50.2 Å². The maximum absolute atomic E-state index is 13.5. The van der Waals surface area contributed by atoms with Crippen LogP contribution in [0.1, 0.15) is 47.7 Å². The van der Waals surface area contributed by atoms with Gasteiger partial charge in [0.1, 0.15) is 28.1 Å². The quantitative estimate of drug-likeness (QED) is 0.132. The lowest BCUT2D eigenvalue weighted by Gasteiger charge is -2.30. The molecule has 9 nitrogen and oxygen atoms in total. The van der Waals surface area contributed by atoms with Crippen molar-refractivity contribution in [3.8, 4) is 5.75 Å². The number of carbonyl (C=O) groups is 3. The second-order valence-electron chi connectivity index (χ2n) is 10.3. The zero-order valence-corrected chi connectivity index (χ0v) is 28.1. The van der Waals surface area contributed by atoms with Crippen molar-refractivity contribution in [3.63, 3.8) is 0 Å². The summed E-state index contributed by atoms with van der Waals surface area (Å²) in [5, 5.41) is 0. The third-order valence-electron chi connectivity index (χ3n) is 7.73. The molecule has 0 radical (unpaired) electrons. The lowest BCUT2D eigenvalue weighted by atomic mass is 9.78. The van der Waals surface area contributed by atoms with Crippen LogP contribution in [0, 0.1) is 41.3 Å². The number of halogens is 3. The molecule has 208 valence electrons. The molecule has 1 aliphatic heterocycles. The van der Waals surface area contributed by atoms with Crippen LogP contribution in [0.15, 0.2) is 29.2 Å². The lowest BCUT2D eigenvalue weighted by molar-refractivity contribution is -0.149. The number of rotatable bonds is 6. The zero-order valence-electron chi connectivity index (χ0n) is 20.8. The van der Waals surface area contributed by atoms with E-state index in [0.29, 0.717) is 17.5 Å². The molecule has 1 heterocycles. The molecule has 6 atom stereocenters. The minimum atomic E-state index is -4.73. The van der Waals surface area contributed by atoms with Crippen molar-refractivity contribution < 1.29 is 41.6 Å². The number of hydrogen-bond acceptors (Lipinski definition) is 9. The SMILES string of the molecule is Cc1cc(S(=O)(=O)[O-])c(C(C)C)cc1OC(=O)C1C2CC3C(OC(=O)C31)C2OC(=O)c1ccc(I)c(I)c1I. The van der Waals surface area contributed by atoms with Crippen molar-refractivity contribution in [3.05, 3.63) is 51.7 Å². The number of ether oxygens (including phenoxy) is 3. The first-order chi connectivity index (χ1) is 18.2. The highest BCUT2D eigenvalue weighted by Gasteiger charge is 2.70. The molecule has 2 bridgehead atoms. The molecule has 0 amide bonds. The van der Waals surface area contributed by atoms with Gasteiger partial charge in [0.05, 0.1) is 22.3 Å². The monoisotopic (exact) mass is 891 g/mol. The Bertz CT molecular complexity index is 1520. The summed E-state index contributed by atoms with van der Waals surface area (Å²) in [6, 6.07) is 6.11. The first-order valence-corrected chi connectivity index (χ1v) is 16.7. The second kappa shape index (κ2) is 10.7. The maximum Gasteiger partial charge on any atom is 0.339 e. The molecule has 3 aliphatic rings. The molecule has 5 rings (SSSR count). The zero-order chi connectivity index (χ0) is 28.5. The van der Waals surface area contributed by atoms with Gasteiger partial charge in [-0.2, -0.15) is 0 Å². The van der Waals surface area contributed by atoms with Gasteiger partial charge >= 0.3 is 17.9 Å². The van der Waals surface area contributed by atoms with E-state index in [-0.39, 0.29) is 28.0 Å². The average molecular weight is 891 g/mol. The number of carbonyl (C=O) groups excluding carboxylic acids is 3. The fourth-order valence-electron chi connectivity index (χ4n) is 5.97. The van der Waals surface area contributed by atoms with Crippen LogP contribution in [0.3, 0.4) is 0 Å². The highest BCUT2D eigenvalue weighted by Crippen LogP contribution is 2.59. The van der Waals surface area contributed by atoms with Crippen molar-refractivity contribution in [2.24, 2.45) is 23.7 Å². The Balaban J connectivity index is 1.42. The highest BCUT2D eigenvalue weighted by molar-refractivity contribution is 14.1. The van der Waals surface area contributed by atoms with Crippen molar-refractivity contribution >= 4 is 95.8 Å². The Labute approximate surface area is 266 Å². The third-order valence-corrected chi connectivity index (χ3v) is 13.8. The van der Waals surface area contributed by atoms with E-state index in [4.69, 9.17) is 14.2 Å². The molecule has 3 fully saturated rings. The van der Waals surface area contributed by atoms with E-state index < -0.39 is 58.0 Å². The number of benzene rings is 2. The van der Waals surface area contributed by atoms with Crippen molar-refractivity contribution in [2.75, 3.05) is 0 Å². The summed E-state index contributed by atoms with van der Waals surface area (Å²) >= 11 is 6.45. The topological polar surface area (TPSA) is 136 Å². The standard InChI is InChI=1S/C26H23I3O9S/c1-9(2)12-8-16(10(3)6-17(12)39(33,34)35)36-25(31)18-13-7-14-19(18)26(32)38-23(14)22(13)37-24(30)11-4-5-15(27)21(29)20(11)28/h4-6,8-9,13-14,18-19,22-23H,7H2,1-3H3,(H,33,34,35)/p-1. The molecule has 0 N–H and O–H groups in total. The average Bonchev–Trinajstić information content (AvgIpc) is 3.46. The number of aryl methyl sites for hydroxylation is 1. The van der Waals surface area contributed by atoms with E-state index in [1.54, 1.807) is 19.9 Å². The minimum Gasteiger partial charge on any atom is -0.744 e. The normalized spacial score (nSPS) is 27.1. The van der Waals surface area contributed by atoms with E-state index in [1.807, 2.05) is 6.07 Å². The summed E-state index contributed by atoms with van der Waals surface area (Å²) in [4.78, 5) is 39.1. The van der Waals surface area contributed by atoms with Crippen LogP contribution >= 0.6 is 67.8 Å². The smallest absolute Gasteiger partial charge is 0.339 e. The van der Waals surface area contributed by atoms with Gasteiger partial charge in [-0.05, 0) is 122 Å². The first kappa shape index (κ1) is 29.4. The molecular formula is C26H22I3O9S-. The molecule has 1 saturated heterocycles. The van der Waals surface area contributed by atoms with E-state index in [9.17, 15) is 27.4 Å². The van der Waals surface area contributed by atoms with Crippen LogP contribution in [0.2, 0.25) is 0 Å². The molecule has 6 unspecified atom stereocenters. The molecule has 2 aliphatic carbocycles. The highest BCUT2D eigenvalue weighted by atomic mass is 127. The van der Waals surface area contributed by atoms with Gasteiger partial charge in [-0.25, -0.2) is 13.2 Å². The molecule has 39 heavy (non-hydrogen) atoms.